The van der Waals surface area contributed by atoms with Gasteiger partial charge in [-0.05, 0) is 18.8 Å². The molecule has 0 saturated heterocycles. The van der Waals surface area contributed by atoms with E-state index >= 15 is 0 Å². The number of nitrogens with one attached hydrogen (secondary N) is 1. The van der Waals surface area contributed by atoms with Crippen LogP contribution in [0, 0.1) is 16.0 Å². The van der Waals surface area contributed by atoms with Crippen molar-refractivity contribution in [3.05, 3.63) is 28.3 Å². The van der Waals surface area contributed by atoms with Gasteiger partial charge in [0.05, 0.1) is 17.6 Å². The molecule has 1 unspecified atom stereocenters. The molecule has 1 rings (SSSR count). The van der Waals surface area contributed by atoms with Gasteiger partial charge in [-0.15, -0.1) is 0 Å². The lowest BCUT2D eigenvalue weighted by Crippen LogP contribution is -2.30. The molecule has 1 aromatic carbocycles. The molecule has 0 saturated carbocycles. The van der Waals surface area contributed by atoms with Crippen LogP contribution in [0.4, 0.5) is 11.4 Å². The van der Waals surface area contributed by atoms with Crippen molar-refractivity contribution in [3.8, 4) is 5.75 Å². The van der Waals surface area contributed by atoms with E-state index in [0.717, 1.165) is 12.8 Å². The van der Waals surface area contributed by atoms with E-state index in [-0.39, 0.29) is 11.7 Å². The highest BCUT2D eigenvalue weighted by Crippen LogP contribution is 2.27. The smallest absolute Gasteiger partial charge is 0.275 e. The Kier molecular flexibility index (Phi) is 6.94. The van der Waals surface area contributed by atoms with E-state index in [2.05, 4.69) is 19.2 Å². The first-order valence-electron chi connectivity index (χ1n) is 7.35. The molecule has 0 aliphatic heterocycles. The molecule has 0 aromatic heterocycles. The first-order chi connectivity index (χ1) is 9.96. The Hall–Kier alpha value is -1.82. The monoisotopic (exact) mass is 295 g/mol. The van der Waals surface area contributed by atoms with Crippen LogP contribution in [0.3, 0.4) is 0 Å². The van der Waals surface area contributed by atoms with Gasteiger partial charge in [-0.2, -0.15) is 0 Å². The van der Waals surface area contributed by atoms with Crippen LogP contribution >= 0.6 is 0 Å². The maximum absolute atomic E-state index is 11.0. The van der Waals surface area contributed by atoms with E-state index in [9.17, 15) is 10.1 Å². The van der Waals surface area contributed by atoms with E-state index < -0.39 is 4.92 Å². The lowest BCUT2D eigenvalue weighted by molar-refractivity contribution is -0.384. The summed E-state index contributed by atoms with van der Waals surface area (Å²) >= 11 is 0. The van der Waals surface area contributed by atoms with Crippen LogP contribution in [0.2, 0.25) is 0 Å². The zero-order valence-electron chi connectivity index (χ0n) is 13.0. The van der Waals surface area contributed by atoms with Crippen molar-refractivity contribution in [2.45, 2.75) is 39.7 Å². The summed E-state index contributed by atoms with van der Waals surface area (Å²) in [5.41, 5.74) is 6.45. The zero-order chi connectivity index (χ0) is 15.8. The van der Waals surface area contributed by atoms with Crippen LogP contribution in [0.5, 0.6) is 5.75 Å². The van der Waals surface area contributed by atoms with Crippen molar-refractivity contribution in [1.29, 1.82) is 0 Å². The summed E-state index contributed by atoms with van der Waals surface area (Å²) in [5.74, 6) is 1.01. The summed E-state index contributed by atoms with van der Waals surface area (Å²) in [7, 11) is 0. The van der Waals surface area contributed by atoms with Crippen LogP contribution in [-0.4, -0.2) is 24.1 Å². The van der Waals surface area contributed by atoms with Crippen LogP contribution in [-0.2, 0) is 0 Å². The third-order valence-corrected chi connectivity index (χ3v) is 2.99. The van der Waals surface area contributed by atoms with Crippen molar-refractivity contribution in [3.63, 3.8) is 0 Å². The first-order valence-corrected chi connectivity index (χ1v) is 7.35. The second-order valence-corrected chi connectivity index (χ2v) is 5.53. The summed E-state index contributed by atoms with van der Waals surface area (Å²) in [6.45, 7) is 7.24. The van der Waals surface area contributed by atoms with Gasteiger partial charge in [0, 0.05) is 30.4 Å². The summed E-state index contributed by atoms with van der Waals surface area (Å²) in [6.07, 6.45) is 1.76. The van der Waals surface area contributed by atoms with Crippen molar-refractivity contribution < 1.29 is 9.66 Å². The Morgan fingerprint density at radius 2 is 2.10 bits per heavy atom. The van der Waals surface area contributed by atoms with Crippen LogP contribution in [0.25, 0.3) is 0 Å². The van der Waals surface area contributed by atoms with Crippen LogP contribution < -0.4 is 15.8 Å². The second kappa shape index (κ2) is 8.46. The van der Waals surface area contributed by atoms with Gasteiger partial charge in [0.1, 0.15) is 5.75 Å². The quantitative estimate of drug-likeness (QED) is 0.539. The predicted octanol–water partition coefficient (Wildman–Crippen LogP) is 3.17. The molecule has 6 nitrogen and oxygen atoms in total. The Labute approximate surface area is 125 Å². The van der Waals surface area contributed by atoms with Crippen molar-refractivity contribution in [1.82, 2.24) is 0 Å². The third kappa shape index (κ3) is 5.99. The average Bonchev–Trinajstić information content (AvgIpc) is 2.43. The number of benzene rings is 1. The van der Waals surface area contributed by atoms with Crippen LogP contribution in [0.1, 0.15) is 33.6 Å². The first kappa shape index (κ1) is 17.2. The molecular formula is C15H25N3O3. The topological polar surface area (TPSA) is 90.4 Å². The SMILES string of the molecule is CCCOc1cc(NC(CN)CC(C)C)cc([N+](=O)[O-])c1. The number of hydrogen-bond acceptors (Lipinski definition) is 5. The molecule has 0 heterocycles. The number of nitrogens with two attached hydrogens (primary N) is 1. The van der Waals surface area contributed by atoms with Crippen molar-refractivity contribution in [2.24, 2.45) is 11.7 Å². The second-order valence-electron chi connectivity index (χ2n) is 5.53. The lowest BCUT2D eigenvalue weighted by Gasteiger charge is -2.20. The molecule has 6 heteroatoms. The highest BCUT2D eigenvalue weighted by Gasteiger charge is 2.14. The molecule has 0 aliphatic rings. The third-order valence-electron chi connectivity index (χ3n) is 2.99. The fraction of sp³-hybridized carbons (Fsp3) is 0.600. The Morgan fingerprint density at radius 3 is 2.62 bits per heavy atom. The minimum absolute atomic E-state index is 0.0198. The van der Waals surface area contributed by atoms with Gasteiger partial charge in [0.25, 0.3) is 5.69 Å². The number of anilines is 1. The largest absolute Gasteiger partial charge is 0.493 e. The maximum atomic E-state index is 11.0. The van der Waals surface area contributed by atoms with E-state index in [1.807, 2.05) is 6.92 Å². The van der Waals surface area contributed by atoms with E-state index in [1.54, 1.807) is 6.07 Å². The molecule has 1 atom stereocenters. The van der Waals surface area contributed by atoms with Gasteiger partial charge in [0.2, 0.25) is 0 Å². The minimum atomic E-state index is -0.413. The van der Waals surface area contributed by atoms with E-state index in [4.69, 9.17) is 10.5 Å². The summed E-state index contributed by atoms with van der Waals surface area (Å²) in [6, 6.07) is 4.83. The molecule has 118 valence electrons. The summed E-state index contributed by atoms with van der Waals surface area (Å²) in [4.78, 5) is 10.6. The predicted molar refractivity (Wildman–Crippen MR) is 84.8 cm³/mol. The Bertz CT molecular complexity index is 463. The van der Waals surface area contributed by atoms with Gasteiger partial charge in [0.15, 0.2) is 0 Å². The zero-order valence-corrected chi connectivity index (χ0v) is 13.0. The molecule has 0 amide bonds. The van der Waals surface area contributed by atoms with Gasteiger partial charge in [-0.3, -0.25) is 10.1 Å². The standard InChI is InChI=1S/C15H25N3O3/c1-4-5-21-15-8-12(7-14(9-15)18(19)20)17-13(10-16)6-11(2)3/h7-9,11,13,17H,4-6,10,16H2,1-3H3. The van der Waals surface area contributed by atoms with Crippen LogP contribution in [0.15, 0.2) is 18.2 Å². The number of rotatable bonds is 9. The van der Waals surface area contributed by atoms with Crippen molar-refractivity contribution in [2.75, 3.05) is 18.5 Å². The Morgan fingerprint density at radius 1 is 1.38 bits per heavy atom. The molecule has 0 bridgehead atoms. The molecule has 0 spiro atoms. The number of hydrogen-bond donors (Lipinski definition) is 2. The fourth-order valence-corrected chi connectivity index (χ4v) is 2.09. The molecule has 0 radical (unpaired) electrons. The lowest BCUT2D eigenvalue weighted by atomic mass is 10.0. The van der Waals surface area contributed by atoms with E-state index in [1.165, 1.54) is 12.1 Å². The van der Waals surface area contributed by atoms with Gasteiger partial charge >= 0.3 is 0 Å². The normalized spacial score (nSPS) is 12.2. The highest BCUT2D eigenvalue weighted by atomic mass is 16.6. The number of non-ortho nitro benzene ring substituents is 1. The van der Waals surface area contributed by atoms with Crippen molar-refractivity contribution >= 4 is 11.4 Å². The summed E-state index contributed by atoms with van der Waals surface area (Å²) in [5, 5.41) is 14.3. The maximum Gasteiger partial charge on any atom is 0.275 e. The number of nitro groups is 1. The van der Waals surface area contributed by atoms with Gasteiger partial charge < -0.3 is 15.8 Å². The molecule has 0 aliphatic carbocycles. The fourth-order valence-electron chi connectivity index (χ4n) is 2.09. The average molecular weight is 295 g/mol. The highest BCUT2D eigenvalue weighted by molar-refractivity contribution is 5.56. The molecule has 21 heavy (non-hydrogen) atoms. The number of nitro benzene ring substituents is 1. The number of nitrogens with zero attached hydrogens (tertiary/aromatic N) is 1. The van der Waals surface area contributed by atoms with E-state index in [0.29, 0.717) is 30.5 Å². The Balaban J connectivity index is 2.93. The van der Waals surface area contributed by atoms with Gasteiger partial charge in [-0.25, -0.2) is 0 Å². The molecule has 0 fully saturated rings. The van der Waals surface area contributed by atoms with Gasteiger partial charge in [-0.1, -0.05) is 20.8 Å². The minimum Gasteiger partial charge on any atom is -0.493 e. The number of ether oxygens (including phenoxy) is 1. The molecule has 3 N–H and O–H groups in total. The summed E-state index contributed by atoms with van der Waals surface area (Å²) < 4.78 is 5.51. The molecular weight excluding hydrogens is 270 g/mol. The molecule has 1 aromatic rings.